The molecule has 0 aliphatic carbocycles. The number of nitrogens with zero attached hydrogens (tertiary/aromatic N) is 1. The first-order chi connectivity index (χ1) is 11.3. The van der Waals surface area contributed by atoms with E-state index in [1.807, 2.05) is 25.1 Å². The van der Waals surface area contributed by atoms with Gasteiger partial charge in [0.15, 0.2) is 0 Å². The average molecular weight is 348 g/mol. The van der Waals surface area contributed by atoms with Crippen molar-refractivity contribution >= 4 is 23.2 Å². The number of aryl methyl sites for hydroxylation is 2. The van der Waals surface area contributed by atoms with Crippen LogP contribution in [-0.4, -0.2) is 29.1 Å². The Morgan fingerprint density at radius 2 is 2.08 bits per heavy atom. The summed E-state index contributed by atoms with van der Waals surface area (Å²) in [7, 11) is 1.60. The summed E-state index contributed by atoms with van der Waals surface area (Å²) in [4.78, 5) is 27.7. The zero-order valence-corrected chi connectivity index (χ0v) is 14.9. The van der Waals surface area contributed by atoms with Gasteiger partial charge in [-0.1, -0.05) is 12.1 Å². The zero-order chi connectivity index (χ0) is 17.9. The van der Waals surface area contributed by atoms with Crippen LogP contribution >= 0.6 is 11.3 Å². The number of benzene rings is 1. The molecule has 1 atom stereocenters. The molecule has 0 radical (unpaired) electrons. The summed E-state index contributed by atoms with van der Waals surface area (Å²) < 4.78 is 5.26. The molecule has 0 bridgehead atoms. The molecule has 0 aliphatic rings. The quantitative estimate of drug-likeness (QED) is 0.838. The molecule has 2 rings (SSSR count). The first kappa shape index (κ1) is 17.9. The third-order valence-corrected chi connectivity index (χ3v) is 4.92. The maximum absolute atomic E-state index is 12.2. The summed E-state index contributed by atoms with van der Waals surface area (Å²) in [5, 5.41) is 12.5. The Balaban J connectivity index is 2.04. The number of nitrogens with one attached hydrogen (secondary N) is 1. The number of carboxylic acid groups (broad SMARTS) is 1. The molecular formula is C17H20N2O4S. The number of thiazole rings is 1. The van der Waals surface area contributed by atoms with Crippen molar-refractivity contribution < 1.29 is 19.4 Å². The molecule has 7 heteroatoms. The van der Waals surface area contributed by atoms with Crippen LogP contribution < -0.4 is 10.1 Å². The summed E-state index contributed by atoms with van der Waals surface area (Å²) in [5.74, 6) is -0.408. The van der Waals surface area contributed by atoms with Crippen LogP contribution in [0.15, 0.2) is 18.2 Å². The normalized spacial score (nSPS) is 11.8. The molecule has 0 aliphatic heterocycles. The fourth-order valence-electron chi connectivity index (χ4n) is 2.31. The number of rotatable bonds is 6. The van der Waals surface area contributed by atoms with Gasteiger partial charge in [-0.15, -0.1) is 11.3 Å². The van der Waals surface area contributed by atoms with Crippen molar-refractivity contribution in [3.8, 4) is 5.75 Å². The Bertz CT molecular complexity index is 770. The van der Waals surface area contributed by atoms with Gasteiger partial charge in [0.1, 0.15) is 15.6 Å². The van der Waals surface area contributed by atoms with Crippen LogP contribution in [0.1, 0.15) is 44.5 Å². The van der Waals surface area contributed by atoms with Crippen LogP contribution in [0.3, 0.4) is 0 Å². The number of methoxy groups -OCH3 is 1. The van der Waals surface area contributed by atoms with Crippen LogP contribution in [0.2, 0.25) is 0 Å². The highest BCUT2D eigenvalue weighted by molar-refractivity contribution is 7.13. The van der Waals surface area contributed by atoms with Crippen LogP contribution in [0.5, 0.6) is 5.75 Å². The third-order valence-electron chi connectivity index (χ3n) is 3.59. The van der Waals surface area contributed by atoms with Crippen molar-refractivity contribution in [2.45, 2.75) is 33.2 Å². The molecule has 1 heterocycles. The second kappa shape index (κ2) is 7.44. The summed E-state index contributed by atoms with van der Waals surface area (Å²) in [6.07, 6.45) is 0.219. The van der Waals surface area contributed by atoms with Gasteiger partial charge >= 0.3 is 5.97 Å². The summed E-state index contributed by atoms with van der Waals surface area (Å²) in [5.41, 5.74) is 2.32. The Labute approximate surface area is 144 Å². The van der Waals surface area contributed by atoms with E-state index in [-0.39, 0.29) is 23.2 Å². The number of hydrogen-bond donors (Lipinski definition) is 2. The smallest absolute Gasteiger partial charge is 0.347 e. The van der Waals surface area contributed by atoms with Gasteiger partial charge in [-0.25, -0.2) is 9.78 Å². The number of carbonyl (C=O) groups is 2. The Morgan fingerprint density at radius 3 is 2.67 bits per heavy atom. The number of ether oxygens (including phenoxy) is 1. The maximum atomic E-state index is 12.2. The van der Waals surface area contributed by atoms with Crippen molar-refractivity contribution in [1.29, 1.82) is 0 Å². The molecule has 1 amide bonds. The lowest BCUT2D eigenvalue weighted by atomic mass is 10.1. The molecule has 0 saturated carbocycles. The third kappa shape index (κ3) is 4.11. The van der Waals surface area contributed by atoms with Gasteiger partial charge in [-0.05, 0) is 38.0 Å². The van der Waals surface area contributed by atoms with Gasteiger partial charge in [-0.2, -0.15) is 0 Å². The number of amides is 1. The van der Waals surface area contributed by atoms with Gasteiger partial charge in [0.2, 0.25) is 5.91 Å². The molecule has 1 unspecified atom stereocenters. The minimum Gasteiger partial charge on any atom is -0.496 e. The summed E-state index contributed by atoms with van der Waals surface area (Å²) >= 11 is 1.09. The standard InChI is InChI=1S/C17H20N2O4S/c1-9-5-6-12(7-13(9)23-4)8-14(20)18-11(3)16-19-10(2)15(24-16)17(21)22/h5-7,11H,8H2,1-4H3,(H,18,20)(H,21,22). The monoisotopic (exact) mass is 348 g/mol. The van der Waals surface area contributed by atoms with Crippen LogP contribution in [-0.2, 0) is 11.2 Å². The van der Waals surface area contributed by atoms with Gasteiger partial charge < -0.3 is 15.2 Å². The van der Waals surface area contributed by atoms with E-state index in [1.54, 1.807) is 21.0 Å². The fraction of sp³-hybridized carbons (Fsp3) is 0.353. The van der Waals surface area contributed by atoms with E-state index in [4.69, 9.17) is 9.84 Å². The Kier molecular flexibility index (Phi) is 5.56. The molecule has 6 nitrogen and oxygen atoms in total. The lowest BCUT2D eigenvalue weighted by molar-refractivity contribution is -0.121. The van der Waals surface area contributed by atoms with Crippen LogP contribution in [0.25, 0.3) is 0 Å². The summed E-state index contributed by atoms with van der Waals surface area (Å²) in [6.45, 7) is 5.38. The number of aromatic nitrogens is 1. The first-order valence-electron chi connectivity index (χ1n) is 7.45. The molecule has 0 saturated heterocycles. The van der Waals surface area contributed by atoms with Crippen molar-refractivity contribution in [2.24, 2.45) is 0 Å². The SMILES string of the molecule is COc1cc(CC(=O)NC(C)c2nc(C)c(C(=O)O)s2)ccc1C. The second-order valence-electron chi connectivity index (χ2n) is 5.54. The van der Waals surface area contributed by atoms with E-state index in [9.17, 15) is 9.59 Å². The molecule has 2 aromatic rings. The largest absolute Gasteiger partial charge is 0.496 e. The second-order valence-corrected chi connectivity index (χ2v) is 6.57. The van der Waals surface area contributed by atoms with Crippen molar-refractivity contribution in [3.63, 3.8) is 0 Å². The topological polar surface area (TPSA) is 88.5 Å². The molecule has 0 fully saturated rings. The number of aromatic carboxylic acids is 1. The van der Waals surface area contributed by atoms with E-state index in [1.165, 1.54) is 0 Å². The van der Waals surface area contributed by atoms with E-state index >= 15 is 0 Å². The van der Waals surface area contributed by atoms with Gasteiger partial charge in [0.25, 0.3) is 0 Å². The molecular weight excluding hydrogens is 328 g/mol. The molecule has 0 spiro atoms. The van der Waals surface area contributed by atoms with Crippen molar-refractivity contribution in [3.05, 3.63) is 44.9 Å². The van der Waals surface area contributed by atoms with E-state index in [0.29, 0.717) is 10.7 Å². The summed E-state index contributed by atoms with van der Waals surface area (Å²) in [6, 6.07) is 5.30. The minimum atomic E-state index is -0.999. The molecule has 128 valence electrons. The first-order valence-corrected chi connectivity index (χ1v) is 8.27. The maximum Gasteiger partial charge on any atom is 0.347 e. The number of carboxylic acids is 1. The molecule has 1 aromatic carbocycles. The van der Waals surface area contributed by atoms with E-state index < -0.39 is 5.97 Å². The molecule has 2 N–H and O–H groups in total. The Morgan fingerprint density at radius 1 is 1.38 bits per heavy atom. The predicted molar refractivity (Wildman–Crippen MR) is 91.8 cm³/mol. The highest BCUT2D eigenvalue weighted by atomic mass is 32.1. The van der Waals surface area contributed by atoms with Gasteiger partial charge in [-0.3, -0.25) is 4.79 Å². The van der Waals surface area contributed by atoms with Crippen molar-refractivity contribution in [1.82, 2.24) is 10.3 Å². The lowest BCUT2D eigenvalue weighted by Crippen LogP contribution is -2.28. The van der Waals surface area contributed by atoms with E-state index in [2.05, 4.69) is 10.3 Å². The molecule has 1 aromatic heterocycles. The zero-order valence-electron chi connectivity index (χ0n) is 14.0. The molecule has 24 heavy (non-hydrogen) atoms. The van der Waals surface area contributed by atoms with Crippen LogP contribution in [0, 0.1) is 13.8 Å². The predicted octanol–water partition coefficient (Wildman–Crippen LogP) is 2.89. The number of hydrogen-bond acceptors (Lipinski definition) is 5. The highest BCUT2D eigenvalue weighted by Crippen LogP contribution is 2.24. The van der Waals surface area contributed by atoms with Gasteiger partial charge in [0, 0.05) is 0 Å². The van der Waals surface area contributed by atoms with Crippen molar-refractivity contribution in [2.75, 3.05) is 7.11 Å². The fourth-order valence-corrected chi connectivity index (χ4v) is 3.22. The number of carbonyl (C=O) groups excluding carboxylic acids is 1. The van der Waals surface area contributed by atoms with Gasteiger partial charge in [0.05, 0.1) is 25.3 Å². The average Bonchev–Trinajstić information content (AvgIpc) is 2.91. The lowest BCUT2D eigenvalue weighted by Gasteiger charge is -2.12. The highest BCUT2D eigenvalue weighted by Gasteiger charge is 2.19. The van der Waals surface area contributed by atoms with E-state index in [0.717, 1.165) is 28.2 Å². The Hall–Kier alpha value is -2.41. The minimum absolute atomic E-state index is 0.155. The van der Waals surface area contributed by atoms with Crippen LogP contribution in [0.4, 0.5) is 0 Å².